The molecule has 0 aliphatic rings. The molecule has 0 saturated heterocycles. The van der Waals surface area contributed by atoms with Crippen LogP contribution in [0, 0.1) is 6.92 Å². The number of rotatable bonds is 2. The van der Waals surface area contributed by atoms with Crippen molar-refractivity contribution in [2.45, 2.75) is 26.1 Å². The van der Waals surface area contributed by atoms with Crippen molar-refractivity contribution in [3.63, 3.8) is 0 Å². The van der Waals surface area contributed by atoms with E-state index in [1.165, 1.54) is 23.9 Å². The summed E-state index contributed by atoms with van der Waals surface area (Å²) >= 11 is 0. The molecular formula is C12H13F3N4. The van der Waals surface area contributed by atoms with Crippen LogP contribution in [-0.4, -0.2) is 15.0 Å². The van der Waals surface area contributed by atoms with Crippen molar-refractivity contribution in [1.82, 2.24) is 15.0 Å². The fourth-order valence-electron chi connectivity index (χ4n) is 1.67. The van der Waals surface area contributed by atoms with E-state index < -0.39 is 11.7 Å². The van der Waals surface area contributed by atoms with Gasteiger partial charge in [0.05, 0.1) is 23.1 Å². The zero-order valence-corrected chi connectivity index (χ0v) is 10.4. The molecule has 7 heteroatoms. The van der Waals surface area contributed by atoms with Crippen molar-refractivity contribution in [2.75, 3.05) is 0 Å². The second kappa shape index (κ2) is 4.65. The molecule has 1 aromatic heterocycles. The van der Waals surface area contributed by atoms with Crippen LogP contribution in [0.15, 0.2) is 24.4 Å². The van der Waals surface area contributed by atoms with Gasteiger partial charge in [0.15, 0.2) is 0 Å². The number of hydrogen-bond donors (Lipinski definition) is 1. The second-order valence-electron chi connectivity index (χ2n) is 4.37. The summed E-state index contributed by atoms with van der Waals surface area (Å²) in [5.74, 6) is 0. The van der Waals surface area contributed by atoms with Gasteiger partial charge < -0.3 is 5.73 Å². The normalized spacial score (nSPS) is 13.6. The van der Waals surface area contributed by atoms with Gasteiger partial charge in [0.25, 0.3) is 0 Å². The minimum absolute atomic E-state index is 0.170. The molecule has 0 saturated carbocycles. The van der Waals surface area contributed by atoms with Crippen molar-refractivity contribution < 1.29 is 13.2 Å². The second-order valence-corrected chi connectivity index (χ2v) is 4.37. The summed E-state index contributed by atoms with van der Waals surface area (Å²) in [7, 11) is 0. The van der Waals surface area contributed by atoms with E-state index in [0.717, 1.165) is 6.07 Å². The Morgan fingerprint density at radius 1 is 1.32 bits per heavy atom. The van der Waals surface area contributed by atoms with Gasteiger partial charge in [-0.15, -0.1) is 5.10 Å². The highest BCUT2D eigenvalue weighted by molar-refractivity contribution is 5.41. The SMILES string of the molecule is Cc1ccc(-n2cc(C(C)N)nn2)cc1C(F)(F)F. The van der Waals surface area contributed by atoms with Gasteiger partial charge in [-0.1, -0.05) is 11.3 Å². The molecule has 0 amide bonds. The lowest BCUT2D eigenvalue weighted by Gasteiger charge is -2.11. The molecule has 1 heterocycles. The highest BCUT2D eigenvalue weighted by Gasteiger charge is 2.32. The van der Waals surface area contributed by atoms with Crippen molar-refractivity contribution in [2.24, 2.45) is 5.73 Å². The van der Waals surface area contributed by atoms with Gasteiger partial charge in [0, 0.05) is 6.04 Å². The molecule has 0 aliphatic heterocycles. The van der Waals surface area contributed by atoms with Gasteiger partial charge in [-0.25, -0.2) is 4.68 Å². The van der Waals surface area contributed by atoms with Crippen molar-refractivity contribution in [3.05, 3.63) is 41.2 Å². The molecule has 0 radical (unpaired) electrons. The third kappa shape index (κ3) is 2.76. The molecule has 2 aromatic rings. The molecule has 1 unspecified atom stereocenters. The van der Waals surface area contributed by atoms with Crippen molar-refractivity contribution in [3.8, 4) is 5.69 Å². The Bertz CT molecular complexity index is 587. The Kier molecular flexibility index (Phi) is 3.32. The largest absolute Gasteiger partial charge is 0.416 e. The highest BCUT2D eigenvalue weighted by Crippen LogP contribution is 2.32. The average Bonchev–Trinajstić information content (AvgIpc) is 2.77. The summed E-state index contributed by atoms with van der Waals surface area (Å²) in [5, 5.41) is 7.59. The minimum atomic E-state index is -4.38. The molecular weight excluding hydrogens is 257 g/mol. The average molecular weight is 270 g/mol. The molecule has 0 aliphatic carbocycles. The molecule has 0 bridgehead atoms. The van der Waals surface area contributed by atoms with Crippen LogP contribution in [0.2, 0.25) is 0 Å². The molecule has 2 N–H and O–H groups in total. The third-order valence-electron chi connectivity index (χ3n) is 2.77. The number of benzene rings is 1. The number of nitrogens with two attached hydrogens (primary N) is 1. The molecule has 0 fully saturated rings. The smallest absolute Gasteiger partial charge is 0.323 e. The molecule has 2 rings (SSSR count). The van der Waals surface area contributed by atoms with Crippen molar-refractivity contribution >= 4 is 0 Å². The van der Waals surface area contributed by atoms with Crippen LogP contribution in [0.1, 0.15) is 29.8 Å². The number of nitrogens with zero attached hydrogens (tertiary/aromatic N) is 3. The van der Waals surface area contributed by atoms with Crippen LogP contribution in [0.3, 0.4) is 0 Å². The fourth-order valence-corrected chi connectivity index (χ4v) is 1.67. The van der Waals surface area contributed by atoms with Gasteiger partial charge in [-0.3, -0.25) is 0 Å². The predicted octanol–water partition coefficient (Wildman–Crippen LogP) is 2.61. The summed E-state index contributed by atoms with van der Waals surface area (Å²) < 4.78 is 39.7. The van der Waals surface area contributed by atoms with E-state index >= 15 is 0 Å². The minimum Gasteiger partial charge on any atom is -0.323 e. The zero-order valence-electron chi connectivity index (χ0n) is 10.4. The molecule has 4 nitrogen and oxygen atoms in total. The maximum Gasteiger partial charge on any atom is 0.416 e. The standard InChI is InChI=1S/C12H13F3N4/c1-7-3-4-9(5-10(7)12(13,14)15)19-6-11(8(2)16)17-18-19/h3-6,8H,16H2,1-2H3. The first-order valence-electron chi connectivity index (χ1n) is 5.65. The molecule has 0 spiro atoms. The summed E-state index contributed by atoms with van der Waals surface area (Å²) in [4.78, 5) is 0. The number of aryl methyl sites for hydroxylation is 1. The van der Waals surface area contributed by atoms with Gasteiger partial charge in [-0.2, -0.15) is 13.2 Å². The first-order valence-corrected chi connectivity index (χ1v) is 5.65. The zero-order chi connectivity index (χ0) is 14.2. The lowest BCUT2D eigenvalue weighted by Crippen LogP contribution is -2.09. The van der Waals surface area contributed by atoms with Crippen LogP contribution in [0.4, 0.5) is 13.2 Å². The van der Waals surface area contributed by atoms with Gasteiger partial charge >= 0.3 is 6.18 Å². The number of aromatic nitrogens is 3. The maximum absolute atomic E-state index is 12.8. The Hall–Kier alpha value is -1.89. The first-order chi connectivity index (χ1) is 8.79. The van der Waals surface area contributed by atoms with E-state index in [9.17, 15) is 13.2 Å². The van der Waals surface area contributed by atoms with Crippen LogP contribution < -0.4 is 5.73 Å². The van der Waals surface area contributed by atoms with E-state index in [-0.39, 0.29) is 11.6 Å². The number of halogens is 3. The lowest BCUT2D eigenvalue weighted by molar-refractivity contribution is -0.138. The molecule has 102 valence electrons. The van der Waals surface area contributed by atoms with Crippen LogP contribution in [0.5, 0.6) is 0 Å². The summed E-state index contributed by atoms with van der Waals surface area (Å²) in [6, 6.07) is 3.70. The quantitative estimate of drug-likeness (QED) is 0.912. The molecule has 1 atom stereocenters. The lowest BCUT2D eigenvalue weighted by atomic mass is 10.1. The highest BCUT2D eigenvalue weighted by atomic mass is 19.4. The van der Waals surface area contributed by atoms with Gasteiger partial charge in [-0.05, 0) is 31.5 Å². The van der Waals surface area contributed by atoms with Crippen LogP contribution in [-0.2, 0) is 6.18 Å². The van der Waals surface area contributed by atoms with E-state index in [2.05, 4.69) is 10.3 Å². The summed E-state index contributed by atoms with van der Waals surface area (Å²) in [6.45, 7) is 3.14. The first kappa shape index (κ1) is 13.5. The topological polar surface area (TPSA) is 56.7 Å². The Labute approximate surface area is 108 Å². The molecule has 19 heavy (non-hydrogen) atoms. The van der Waals surface area contributed by atoms with Gasteiger partial charge in [0.2, 0.25) is 0 Å². The maximum atomic E-state index is 12.8. The predicted molar refractivity (Wildman–Crippen MR) is 63.7 cm³/mol. The van der Waals surface area contributed by atoms with Crippen LogP contribution >= 0.6 is 0 Å². The summed E-state index contributed by atoms with van der Waals surface area (Å²) in [5.41, 5.74) is 5.95. The summed E-state index contributed by atoms with van der Waals surface area (Å²) in [6.07, 6.45) is -2.86. The van der Waals surface area contributed by atoms with Gasteiger partial charge in [0.1, 0.15) is 0 Å². The Morgan fingerprint density at radius 3 is 2.53 bits per heavy atom. The monoisotopic (exact) mass is 270 g/mol. The van der Waals surface area contributed by atoms with Crippen molar-refractivity contribution in [1.29, 1.82) is 0 Å². The van der Waals surface area contributed by atoms with Crippen LogP contribution in [0.25, 0.3) is 5.69 Å². The number of alkyl halides is 3. The van der Waals surface area contributed by atoms with E-state index in [0.29, 0.717) is 11.4 Å². The third-order valence-corrected chi connectivity index (χ3v) is 2.77. The van der Waals surface area contributed by atoms with E-state index in [1.54, 1.807) is 13.0 Å². The van der Waals surface area contributed by atoms with E-state index in [1.807, 2.05) is 0 Å². The Balaban J connectivity index is 2.45. The fraction of sp³-hybridized carbons (Fsp3) is 0.333. The number of hydrogen-bond acceptors (Lipinski definition) is 3. The van der Waals surface area contributed by atoms with E-state index in [4.69, 9.17) is 5.73 Å². The molecule has 1 aromatic carbocycles. The Morgan fingerprint density at radius 2 is 2.00 bits per heavy atom.